The molecule has 3 aromatic heterocycles. The molecule has 0 aliphatic rings. The second kappa shape index (κ2) is 7.98. The number of aromatic nitrogens is 4. The van der Waals surface area contributed by atoms with Crippen LogP contribution in [-0.4, -0.2) is 19.7 Å². The smallest absolute Gasteiger partial charge is 0.188 e. The number of nitrogens with zero attached hydrogens (tertiary/aromatic N) is 4. The largest absolute Gasteiger partial charge is 0.455 e. The summed E-state index contributed by atoms with van der Waals surface area (Å²) in [7, 11) is 0. The van der Waals surface area contributed by atoms with Crippen molar-refractivity contribution in [2.45, 2.75) is 0 Å². The molecule has 3 heterocycles. The van der Waals surface area contributed by atoms with Gasteiger partial charge in [-0.2, -0.15) is 0 Å². The molecule has 0 saturated heterocycles. The van der Waals surface area contributed by atoms with Crippen LogP contribution >= 0.6 is 0 Å². The zero-order valence-electron chi connectivity index (χ0n) is 21.2. The van der Waals surface area contributed by atoms with Crippen molar-refractivity contribution < 1.29 is 4.42 Å². The Bertz CT molecular complexity index is 2440. The molecule has 0 aliphatic heterocycles. The minimum Gasteiger partial charge on any atom is -0.455 e. The third-order valence-electron chi connectivity index (χ3n) is 7.89. The lowest BCUT2D eigenvalue weighted by atomic mass is 9.99. The van der Waals surface area contributed by atoms with Crippen LogP contribution in [0.3, 0.4) is 0 Å². The molecule has 9 rings (SSSR count). The average molecular weight is 513 g/mol. The van der Waals surface area contributed by atoms with Gasteiger partial charge in [0.2, 0.25) is 0 Å². The summed E-state index contributed by atoms with van der Waals surface area (Å²) in [4.78, 5) is 5.22. The first-order chi connectivity index (χ1) is 19.8. The molecule has 186 valence electrons. The van der Waals surface area contributed by atoms with Crippen LogP contribution in [0.15, 0.2) is 126 Å². The number of rotatable bonds is 2. The van der Waals surface area contributed by atoms with Gasteiger partial charge in [0, 0.05) is 27.2 Å². The molecular weight excluding hydrogens is 492 g/mol. The minimum absolute atomic E-state index is 0.712. The first-order valence-corrected chi connectivity index (χ1v) is 13.3. The van der Waals surface area contributed by atoms with E-state index >= 15 is 0 Å². The van der Waals surface area contributed by atoms with E-state index in [0.717, 1.165) is 66.2 Å². The molecule has 9 aromatic rings. The van der Waals surface area contributed by atoms with Crippen molar-refractivity contribution in [1.82, 2.24) is 19.7 Å². The summed E-state index contributed by atoms with van der Waals surface area (Å²) < 4.78 is 8.93. The van der Waals surface area contributed by atoms with Crippen molar-refractivity contribution in [1.29, 1.82) is 0 Å². The lowest BCUT2D eigenvalue weighted by molar-refractivity contribution is 0.673. The van der Waals surface area contributed by atoms with Crippen LogP contribution in [0.1, 0.15) is 0 Å². The first-order valence-electron chi connectivity index (χ1n) is 13.3. The number of furan rings is 1. The molecule has 5 nitrogen and oxygen atoms in total. The number of imidazole rings is 1. The highest BCUT2D eigenvalue weighted by atomic mass is 16.3. The minimum atomic E-state index is 0.712. The SMILES string of the molecule is c1ccc(-n2c(-c3cccc4c3oc3c4ccc4ccc5ccccc5c43)nc3c4ccccc4nnc32)cc1. The van der Waals surface area contributed by atoms with E-state index in [9.17, 15) is 0 Å². The second-order valence-corrected chi connectivity index (χ2v) is 10.1. The molecule has 0 N–H and O–H groups in total. The predicted molar refractivity (Wildman–Crippen MR) is 162 cm³/mol. The van der Waals surface area contributed by atoms with Crippen LogP contribution in [0.2, 0.25) is 0 Å². The fourth-order valence-corrected chi connectivity index (χ4v) is 6.07. The van der Waals surface area contributed by atoms with Crippen LogP contribution < -0.4 is 0 Å². The Morgan fingerprint density at radius 1 is 0.525 bits per heavy atom. The summed E-state index contributed by atoms with van der Waals surface area (Å²) in [6, 6.07) is 41.7. The Kier molecular flexibility index (Phi) is 4.27. The third-order valence-corrected chi connectivity index (χ3v) is 7.89. The van der Waals surface area contributed by atoms with Crippen molar-refractivity contribution >= 4 is 65.6 Å². The molecule has 40 heavy (non-hydrogen) atoms. The Labute approximate surface area is 227 Å². The van der Waals surface area contributed by atoms with E-state index < -0.39 is 0 Å². The van der Waals surface area contributed by atoms with Crippen LogP contribution in [0.5, 0.6) is 0 Å². The van der Waals surface area contributed by atoms with Crippen molar-refractivity contribution in [2.75, 3.05) is 0 Å². The molecular formula is C35H20N4O. The fourth-order valence-electron chi connectivity index (χ4n) is 6.07. The zero-order valence-corrected chi connectivity index (χ0v) is 21.2. The second-order valence-electron chi connectivity index (χ2n) is 10.1. The van der Waals surface area contributed by atoms with E-state index in [1.165, 1.54) is 10.8 Å². The molecule has 0 atom stereocenters. The van der Waals surface area contributed by atoms with Gasteiger partial charge in [-0.05, 0) is 46.5 Å². The molecule has 0 spiro atoms. The molecule has 0 unspecified atom stereocenters. The van der Waals surface area contributed by atoms with Gasteiger partial charge in [-0.3, -0.25) is 4.57 Å². The monoisotopic (exact) mass is 512 g/mol. The molecule has 0 radical (unpaired) electrons. The number of para-hydroxylation sites is 2. The molecule has 6 aromatic carbocycles. The highest BCUT2D eigenvalue weighted by Crippen LogP contribution is 2.41. The van der Waals surface area contributed by atoms with Gasteiger partial charge in [-0.15, -0.1) is 10.2 Å². The van der Waals surface area contributed by atoms with Crippen LogP contribution in [0.4, 0.5) is 0 Å². The Morgan fingerprint density at radius 3 is 2.17 bits per heavy atom. The van der Waals surface area contributed by atoms with Crippen LogP contribution in [0.25, 0.3) is 82.6 Å². The van der Waals surface area contributed by atoms with Gasteiger partial charge in [0.1, 0.15) is 16.7 Å². The first kappa shape index (κ1) is 21.4. The van der Waals surface area contributed by atoms with Gasteiger partial charge in [0.15, 0.2) is 11.5 Å². The maximum Gasteiger partial charge on any atom is 0.188 e. The Hall–Kier alpha value is -5.55. The summed E-state index contributed by atoms with van der Waals surface area (Å²) in [6.07, 6.45) is 0. The molecule has 0 saturated carbocycles. The predicted octanol–water partition coefficient (Wildman–Crippen LogP) is 8.84. The van der Waals surface area contributed by atoms with Gasteiger partial charge in [-0.25, -0.2) is 4.98 Å². The normalized spacial score (nSPS) is 12.0. The molecule has 0 amide bonds. The maximum atomic E-state index is 6.84. The number of hydrogen-bond acceptors (Lipinski definition) is 4. The standard InChI is InChI=1S/C35H20N4O/c1-2-10-23(11-3-1)39-34(36-31-27-13-6-7-16-29(27)37-38-35(31)39)28-15-8-14-25-26-20-19-22-18-17-21-9-4-5-12-24(21)30(22)33(26)40-32(25)28/h1-20H. The van der Waals surface area contributed by atoms with E-state index in [4.69, 9.17) is 9.40 Å². The average Bonchev–Trinajstić information content (AvgIpc) is 3.60. The summed E-state index contributed by atoms with van der Waals surface area (Å²) in [5.74, 6) is 0.769. The summed E-state index contributed by atoms with van der Waals surface area (Å²) >= 11 is 0. The van der Waals surface area contributed by atoms with E-state index in [2.05, 4.69) is 99.7 Å². The zero-order chi connectivity index (χ0) is 26.2. The lowest BCUT2D eigenvalue weighted by Crippen LogP contribution is -1.99. The number of fused-ring (bicyclic) bond motifs is 10. The van der Waals surface area contributed by atoms with Crippen molar-refractivity contribution in [3.63, 3.8) is 0 Å². The summed E-state index contributed by atoms with van der Waals surface area (Å²) in [5.41, 5.74) is 5.92. The topological polar surface area (TPSA) is 56.7 Å². The molecule has 5 heteroatoms. The third kappa shape index (κ3) is 2.89. The molecule has 0 fully saturated rings. The van der Waals surface area contributed by atoms with E-state index in [1.807, 2.05) is 36.4 Å². The van der Waals surface area contributed by atoms with Crippen molar-refractivity contribution in [3.05, 3.63) is 121 Å². The number of benzene rings is 6. The Balaban J connectivity index is 1.43. The Morgan fingerprint density at radius 2 is 1.25 bits per heavy atom. The number of hydrogen-bond donors (Lipinski definition) is 0. The van der Waals surface area contributed by atoms with Gasteiger partial charge >= 0.3 is 0 Å². The van der Waals surface area contributed by atoms with E-state index in [-0.39, 0.29) is 0 Å². The molecule has 0 aliphatic carbocycles. The highest BCUT2D eigenvalue weighted by Gasteiger charge is 2.22. The van der Waals surface area contributed by atoms with Crippen molar-refractivity contribution in [2.24, 2.45) is 0 Å². The van der Waals surface area contributed by atoms with Crippen LogP contribution in [0, 0.1) is 0 Å². The quantitative estimate of drug-likeness (QED) is 0.217. The highest BCUT2D eigenvalue weighted by molar-refractivity contribution is 6.24. The summed E-state index contributed by atoms with van der Waals surface area (Å²) in [6.45, 7) is 0. The van der Waals surface area contributed by atoms with Gasteiger partial charge < -0.3 is 4.42 Å². The van der Waals surface area contributed by atoms with Gasteiger partial charge in [0.25, 0.3) is 0 Å². The van der Waals surface area contributed by atoms with Crippen molar-refractivity contribution in [3.8, 4) is 17.1 Å². The molecule has 0 bridgehead atoms. The van der Waals surface area contributed by atoms with E-state index in [0.29, 0.717) is 5.65 Å². The van der Waals surface area contributed by atoms with Crippen LogP contribution in [-0.2, 0) is 0 Å². The van der Waals surface area contributed by atoms with E-state index in [1.54, 1.807) is 0 Å². The van der Waals surface area contributed by atoms with Gasteiger partial charge in [-0.1, -0.05) is 91.0 Å². The fraction of sp³-hybridized carbons (Fsp3) is 0. The summed E-state index contributed by atoms with van der Waals surface area (Å²) in [5, 5.41) is 17.0. The lowest BCUT2D eigenvalue weighted by Gasteiger charge is -2.09. The van der Waals surface area contributed by atoms with Gasteiger partial charge in [0.05, 0.1) is 11.1 Å². The maximum absolute atomic E-state index is 6.84.